The van der Waals surface area contributed by atoms with Crippen molar-refractivity contribution in [2.45, 2.75) is 58.0 Å². The molecule has 3 N–H and O–H groups in total. The van der Waals surface area contributed by atoms with Gasteiger partial charge in [-0.2, -0.15) is 0 Å². The Bertz CT molecular complexity index is 868. The zero-order valence-corrected chi connectivity index (χ0v) is 17.0. The smallest absolute Gasteiger partial charge is 0.329 e. The molecule has 1 aromatic carbocycles. The summed E-state index contributed by atoms with van der Waals surface area (Å²) in [6, 6.07) is 7.04. The average molecular weight is 399 g/mol. The molecule has 1 heterocycles. The van der Waals surface area contributed by atoms with Crippen LogP contribution in [0.25, 0.3) is 10.9 Å². The molecule has 156 valence electrons. The first-order valence-electron chi connectivity index (χ1n) is 10.2. The summed E-state index contributed by atoms with van der Waals surface area (Å²) in [6.45, 7) is 3.23. The molecule has 2 amide bonds. The van der Waals surface area contributed by atoms with Crippen LogP contribution in [-0.4, -0.2) is 41.5 Å². The van der Waals surface area contributed by atoms with Crippen molar-refractivity contribution in [3.8, 4) is 0 Å². The second kappa shape index (κ2) is 9.58. The Hall–Kier alpha value is -2.83. The number of benzene rings is 1. The van der Waals surface area contributed by atoms with Gasteiger partial charge in [0.15, 0.2) is 6.61 Å². The molecule has 1 atom stereocenters. The zero-order valence-electron chi connectivity index (χ0n) is 17.0. The van der Waals surface area contributed by atoms with Crippen LogP contribution < -0.4 is 10.6 Å². The molecule has 1 unspecified atom stereocenters. The minimum absolute atomic E-state index is 0.148. The first-order valence-corrected chi connectivity index (χ1v) is 10.2. The molecule has 7 heteroatoms. The van der Waals surface area contributed by atoms with Crippen molar-refractivity contribution in [2.24, 2.45) is 5.92 Å². The first kappa shape index (κ1) is 20.9. The Morgan fingerprint density at radius 2 is 1.90 bits per heavy atom. The number of nitrogens with one attached hydrogen (secondary N) is 3. The Balaban J connectivity index is 1.56. The fraction of sp³-hybridized carbons (Fsp3) is 0.500. The van der Waals surface area contributed by atoms with Crippen LogP contribution in [0.5, 0.6) is 0 Å². The van der Waals surface area contributed by atoms with Crippen molar-refractivity contribution < 1.29 is 19.1 Å². The monoisotopic (exact) mass is 399 g/mol. The summed E-state index contributed by atoms with van der Waals surface area (Å²) < 4.78 is 5.21. The van der Waals surface area contributed by atoms with Crippen LogP contribution in [0.15, 0.2) is 30.5 Å². The second-order valence-corrected chi connectivity index (χ2v) is 7.95. The van der Waals surface area contributed by atoms with E-state index in [2.05, 4.69) is 22.5 Å². The highest BCUT2D eigenvalue weighted by atomic mass is 16.5. The molecule has 1 aromatic heterocycles. The van der Waals surface area contributed by atoms with E-state index in [1.807, 2.05) is 30.5 Å². The summed E-state index contributed by atoms with van der Waals surface area (Å²) in [5.74, 6) is -0.541. The summed E-state index contributed by atoms with van der Waals surface area (Å²) in [6.07, 6.45) is 6.21. The van der Waals surface area contributed by atoms with Crippen molar-refractivity contribution in [3.05, 3.63) is 36.0 Å². The van der Waals surface area contributed by atoms with Crippen molar-refractivity contribution in [1.82, 2.24) is 15.6 Å². The van der Waals surface area contributed by atoms with Gasteiger partial charge in [0.1, 0.15) is 6.04 Å². The number of amides is 2. The summed E-state index contributed by atoms with van der Waals surface area (Å²) in [7, 11) is 0. The molecule has 0 aliphatic heterocycles. The lowest BCUT2D eigenvalue weighted by Gasteiger charge is -2.26. The molecule has 1 saturated carbocycles. The van der Waals surface area contributed by atoms with Gasteiger partial charge in [-0.25, -0.2) is 4.79 Å². The van der Waals surface area contributed by atoms with Crippen LogP contribution in [0.4, 0.5) is 0 Å². The molecule has 1 aliphatic carbocycles. The predicted molar refractivity (Wildman–Crippen MR) is 110 cm³/mol. The van der Waals surface area contributed by atoms with E-state index in [9.17, 15) is 14.4 Å². The van der Waals surface area contributed by atoms with E-state index in [-0.39, 0.29) is 30.9 Å². The van der Waals surface area contributed by atoms with E-state index in [1.165, 1.54) is 6.92 Å². The Morgan fingerprint density at radius 1 is 1.17 bits per heavy atom. The summed E-state index contributed by atoms with van der Waals surface area (Å²) in [4.78, 5) is 39.4. The molecule has 0 spiro atoms. The average Bonchev–Trinajstić information content (AvgIpc) is 3.10. The first-order chi connectivity index (χ1) is 13.9. The second-order valence-electron chi connectivity index (χ2n) is 7.95. The highest BCUT2D eigenvalue weighted by molar-refractivity contribution is 5.88. The van der Waals surface area contributed by atoms with E-state index in [0.717, 1.165) is 42.1 Å². The molecular formula is C22H29N3O4. The van der Waals surface area contributed by atoms with E-state index in [4.69, 9.17) is 4.74 Å². The molecule has 0 radical (unpaired) electrons. The Kier molecular flexibility index (Phi) is 6.90. The quantitative estimate of drug-likeness (QED) is 0.623. The number of H-pyrrole nitrogens is 1. The Labute approximate surface area is 170 Å². The number of rotatable bonds is 7. The third-order valence-electron chi connectivity index (χ3n) is 5.49. The summed E-state index contributed by atoms with van der Waals surface area (Å²) in [5.41, 5.74) is 1.86. The maximum Gasteiger partial charge on any atom is 0.329 e. The topological polar surface area (TPSA) is 100 Å². The van der Waals surface area contributed by atoms with Crippen LogP contribution in [-0.2, 0) is 25.5 Å². The third-order valence-corrected chi connectivity index (χ3v) is 5.49. The minimum atomic E-state index is -0.852. The molecule has 2 aromatic rings. The molecule has 29 heavy (non-hydrogen) atoms. The van der Waals surface area contributed by atoms with Crippen LogP contribution >= 0.6 is 0 Å². The number of fused-ring (bicyclic) bond motifs is 1. The fourth-order valence-corrected chi connectivity index (χ4v) is 3.87. The highest BCUT2D eigenvalue weighted by Gasteiger charge is 2.25. The van der Waals surface area contributed by atoms with Gasteiger partial charge < -0.3 is 20.4 Å². The lowest BCUT2D eigenvalue weighted by Crippen LogP contribution is -2.44. The molecule has 0 saturated heterocycles. The number of carbonyl (C=O) groups is 3. The van der Waals surface area contributed by atoms with E-state index in [1.54, 1.807) is 0 Å². The highest BCUT2D eigenvalue weighted by Crippen LogP contribution is 2.23. The van der Waals surface area contributed by atoms with Crippen LogP contribution in [0.3, 0.4) is 0 Å². The molecule has 7 nitrogen and oxygen atoms in total. The Morgan fingerprint density at radius 3 is 2.62 bits per heavy atom. The summed E-state index contributed by atoms with van der Waals surface area (Å²) in [5, 5.41) is 6.56. The zero-order chi connectivity index (χ0) is 20.8. The van der Waals surface area contributed by atoms with Gasteiger partial charge in [-0.15, -0.1) is 0 Å². The van der Waals surface area contributed by atoms with Gasteiger partial charge in [-0.05, 0) is 43.2 Å². The van der Waals surface area contributed by atoms with E-state index >= 15 is 0 Å². The lowest BCUT2D eigenvalue weighted by molar-refractivity contribution is -0.151. The molecule has 3 rings (SSSR count). The van der Waals surface area contributed by atoms with Gasteiger partial charge >= 0.3 is 5.97 Å². The number of aromatic nitrogens is 1. The molecule has 1 fully saturated rings. The number of para-hydroxylation sites is 1. The van der Waals surface area contributed by atoms with Crippen molar-refractivity contribution >= 4 is 28.7 Å². The van der Waals surface area contributed by atoms with Crippen LogP contribution in [0.1, 0.15) is 45.1 Å². The molecular weight excluding hydrogens is 370 g/mol. The predicted octanol–water partition coefficient (Wildman–Crippen LogP) is 2.45. The van der Waals surface area contributed by atoms with Gasteiger partial charge in [-0.1, -0.05) is 25.1 Å². The number of ether oxygens (including phenoxy) is 1. The van der Waals surface area contributed by atoms with E-state index in [0.29, 0.717) is 5.92 Å². The van der Waals surface area contributed by atoms with Crippen molar-refractivity contribution in [3.63, 3.8) is 0 Å². The van der Waals surface area contributed by atoms with Gasteiger partial charge in [-0.3, -0.25) is 9.59 Å². The normalized spacial score (nSPS) is 20.1. The molecule has 0 bridgehead atoms. The molecule has 1 aliphatic rings. The number of esters is 1. The van der Waals surface area contributed by atoms with Crippen LogP contribution in [0.2, 0.25) is 0 Å². The number of carbonyl (C=O) groups excluding carboxylic acids is 3. The third kappa shape index (κ3) is 5.82. The number of aromatic amines is 1. The standard InChI is InChI=1S/C22H29N3O4/c1-14-7-9-17(10-8-14)25-21(27)13-29-22(28)20(24-15(2)26)11-16-12-23-19-6-4-3-5-18(16)19/h3-6,12,14,17,20,23H,7-11,13H2,1-2H3,(H,24,26)(H,25,27). The van der Waals surface area contributed by atoms with Gasteiger partial charge in [0.25, 0.3) is 5.91 Å². The fourth-order valence-electron chi connectivity index (χ4n) is 3.87. The minimum Gasteiger partial charge on any atom is -0.454 e. The maximum absolute atomic E-state index is 12.6. The maximum atomic E-state index is 12.6. The van der Waals surface area contributed by atoms with E-state index < -0.39 is 12.0 Å². The lowest BCUT2D eigenvalue weighted by atomic mass is 9.87. The van der Waals surface area contributed by atoms with Crippen molar-refractivity contribution in [1.29, 1.82) is 0 Å². The van der Waals surface area contributed by atoms with Gasteiger partial charge in [0.2, 0.25) is 5.91 Å². The van der Waals surface area contributed by atoms with Crippen molar-refractivity contribution in [2.75, 3.05) is 6.61 Å². The largest absolute Gasteiger partial charge is 0.454 e. The SMILES string of the molecule is CC(=O)NC(Cc1c[nH]c2ccccc12)C(=O)OCC(=O)NC1CCC(C)CC1. The number of hydrogen-bond acceptors (Lipinski definition) is 4. The van der Waals surface area contributed by atoms with Crippen LogP contribution in [0, 0.1) is 5.92 Å². The van der Waals surface area contributed by atoms with Gasteiger partial charge in [0, 0.05) is 36.5 Å². The number of hydrogen-bond donors (Lipinski definition) is 3. The summed E-state index contributed by atoms with van der Waals surface area (Å²) >= 11 is 0. The van der Waals surface area contributed by atoms with Gasteiger partial charge in [0.05, 0.1) is 0 Å².